The van der Waals surface area contributed by atoms with Crippen LogP contribution < -0.4 is 0 Å². The van der Waals surface area contributed by atoms with Gasteiger partial charge in [0.2, 0.25) is 0 Å². The van der Waals surface area contributed by atoms with E-state index in [0.717, 1.165) is 5.56 Å². The first-order chi connectivity index (χ1) is 14.8. The number of aliphatic imine (C=N–C) groups is 1. The molecule has 1 heterocycles. The molecule has 2 aliphatic carbocycles. The fourth-order valence-corrected chi connectivity index (χ4v) is 4.76. The summed E-state index contributed by atoms with van der Waals surface area (Å²) in [5.74, 6) is 0.662. The van der Waals surface area contributed by atoms with E-state index in [1.165, 1.54) is 0 Å². The van der Waals surface area contributed by atoms with Gasteiger partial charge in [0.15, 0.2) is 11.6 Å². The summed E-state index contributed by atoms with van der Waals surface area (Å²) >= 11 is 0. The van der Waals surface area contributed by atoms with E-state index in [1.807, 2.05) is 44.2 Å². The van der Waals surface area contributed by atoms with Crippen LogP contribution in [0.25, 0.3) is 0 Å². The molecule has 1 aromatic carbocycles. The molecule has 0 bridgehead atoms. The van der Waals surface area contributed by atoms with Gasteiger partial charge in [-0.05, 0) is 29.7 Å². The number of benzene rings is 1. The molecule has 0 spiro atoms. The first-order valence-electron chi connectivity index (χ1n) is 10.8. The van der Waals surface area contributed by atoms with E-state index in [0.29, 0.717) is 66.8 Å². The molecule has 1 N–H and O–H groups in total. The van der Waals surface area contributed by atoms with Gasteiger partial charge >= 0.3 is 0 Å². The van der Waals surface area contributed by atoms with Crippen molar-refractivity contribution in [1.29, 1.82) is 0 Å². The van der Waals surface area contributed by atoms with Crippen molar-refractivity contribution in [1.82, 2.24) is 5.16 Å². The Kier molecular flexibility index (Phi) is 5.65. The first-order valence-corrected chi connectivity index (χ1v) is 10.8. The molecule has 0 fully saturated rings. The number of carbonyl (C=O) groups is 2. The van der Waals surface area contributed by atoms with Crippen LogP contribution >= 0.6 is 0 Å². The van der Waals surface area contributed by atoms with Crippen molar-refractivity contribution in [3.63, 3.8) is 0 Å². The highest BCUT2D eigenvalue weighted by molar-refractivity contribution is 6.23. The van der Waals surface area contributed by atoms with Gasteiger partial charge in [-0.15, -0.1) is 0 Å². The number of aliphatic hydroxyl groups excluding tert-OH is 1. The Balaban J connectivity index is 1.51. The van der Waals surface area contributed by atoms with Gasteiger partial charge in [0.05, 0.1) is 16.8 Å². The highest BCUT2D eigenvalue weighted by atomic mass is 16.5. The summed E-state index contributed by atoms with van der Waals surface area (Å²) in [5.41, 5.74) is 2.99. The summed E-state index contributed by atoms with van der Waals surface area (Å²) in [5, 5.41) is 14.9. The van der Waals surface area contributed by atoms with Crippen molar-refractivity contribution in [2.24, 2.45) is 10.4 Å². The Bertz CT molecular complexity index is 1080. The third-order valence-electron chi connectivity index (χ3n) is 6.26. The summed E-state index contributed by atoms with van der Waals surface area (Å²) in [4.78, 5) is 29.9. The van der Waals surface area contributed by atoms with E-state index in [1.54, 1.807) is 7.05 Å². The average Bonchev–Trinajstić information content (AvgIpc) is 3.12. The van der Waals surface area contributed by atoms with Crippen molar-refractivity contribution >= 4 is 17.3 Å². The van der Waals surface area contributed by atoms with Crippen LogP contribution in [0.15, 0.2) is 51.2 Å². The zero-order valence-electron chi connectivity index (χ0n) is 18.3. The Morgan fingerprint density at radius 1 is 1.16 bits per heavy atom. The smallest absolute Gasteiger partial charge is 0.168 e. The second kappa shape index (κ2) is 8.25. The number of hydrogen-bond acceptors (Lipinski definition) is 6. The van der Waals surface area contributed by atoms with Gasteiger partial charge in [-0.2, -0.15) is 0 Å². The SMILES string of the molecule is CN=C(CCc1noc2c1C(=O)CC(C)(C)C2)C1=C(O)CC(c2ccccc2)CC1=O. The Hall–Kier alpha value is -3.02. The maximum atomic E-state index is 12.9. The van der Waals surface area contributed by atoms with Crippen LogP contribution in [0.4, 0.5) is 0 Å². The summed E-state index contributed by atoms with van der Waals surface area (Å²) < 4.78 is 5.47. The molecule has 2 aliphatic rings. The van der Waals surface area contributed by atoms with Gasteiger partial charge < -0.3 is 9.63 Å². The van der Waals surface area contributed by atoms with Crippen molar-refractivity contribution < 1.29 is 19.2 Å². The molecule has 0 saturated carbocycles. The lowest BCUT2D eigenvalue weighted by Gasteiger charge is -2.26. The maximum Gasteiger partial charge on any atom is 0.168 e. The molecule has 1 aromatic heterocycles. The van der Waals surface area contributed by atoms with Crippen molar-refractivity contribution in [3.05, 3.63) is 64.2 Å². The van der Waals surface area contributed by atoms with Crippen molar-refractivity contribution in [3.8, 4) is 0 Å². The molecule has 31 heavy (non-hydrogen) atoms. The van der Waals surface area contributed by atoms with Crippen molar-refractivity contribution in [2.45, 2.75) is 58.3 Å². The quantitative estimate of drug-likeness (QED) is 0.702. The third-order valence-corrected chi connectivity index (χ3v) is 6.26. The number of rotatable bonds is 5. The fraction of sp³-hybridized carbons (Fsp3) is 0.440. The lowest BCUT2D eigenvalue weighted by Crippen LogP contribution is -2.27. The zero-order valence-corrected chi connectivity index (χ0v) is 18.3. The summed E-state index contributed by atoms with van der Waals surface area (Å²) in [6.07, 6.45) is 2.75. The molecular formula is C25H28N2O4. The molecule has 6 heteroatoms. The molecule has 0 saturated heterocycles. The second-order valence-electron chi connectivity index (χ2n) is 9.30. The first kappa shape index (κ1) is 21.2. The number of aromatic nitrogens is 1. The lowest BCUT2D eigenvalue weighted by molar-refractivity contribution is -0.116. The maximum absolute atomic E-state index is 12.9. The molecule has 4 rings (SSSR count). The van der Waals surface area contributed by atoms with E-state index in [-0.39, 0.29) is 28.7 Å². The van der Waals surface area contributed by atoms with E-state index in [4.69, 9.17) is 4.52 Å². The monoisotopic (exact) mass is 420 g/mol. The van der Waals surface area contributed by atoms with Gasteiger partial charge in [0.25, 0.3) is 0 Å². The van der Waals surface area contributed by atoms with Crippen LogP contribution in [-0.2, 0) is 17.6 Å². The number of aryl methyl sites for hydroxylation is 1. The molecule has 2 aromatic rings. The Morgan fingerprint density at radius 2 is 1.90 bits per heavy atom. The van der Waals surface area contributed by atoms with Gasteiger partial charge in [0, 0.05) is 38.4 Å². The van der Waals surface area contributed by atoms with E-state index < -0.39 is 0 Å². The molecule has 1 atom stereocenters. The largest absolute Gasteiger partial charge is 0.511 e. The highest BCUT2D eigenvalue weighted by Gasteiger charge is 2.37. The number of fused-ring (bicyclic) bond motifs is 1. The highest BCUT2D eigenvalue weighted by Crippen LogP contribution is 2.37. The number of nitrogens with zero attached hydrogens (tertiary/aromatic N) is 2. The molecule has 0 amide bonds. The van der Waals surface area contributed by atoms with Crippen LogP contribution in [0.5, 0.6) is 0 Å². The minimum Gasteiger partial charge on any atom is -0.511 e. The van der Waals surface area contributed by atoms with Crippen LogP contribution in [0, 0.1) is 5.41 Å². The Morgan fingerprint density at radius 3 is 2.58 bits per heavy atom. The zero-order chi connectivity index (χ0) is 22.2. The van der Waals surface area contributed by atoms with Gasteiger partial charge in [-0.3, -0.25) is 14.6 Å². The van der Waals surface area contributed by atoms with Crippen LogP contribution in [0.2, 0.25) is 0 Å². The summed E-state index contributed by atoms with van der Waals surface area (Å²) in [6.45, 7) is 4.09. The number of hydrogen-bond donors (Lipinski definition) is 1. The Labute approximate surface area is 182 Å². The van der Waals surface area contributed by atoms with Crippen LogP contribution in [0.3, 0.4) is 0 Å². The molecular weight excluding hydrogens is 392 g/mol. The normalized spacial score (nSPS) is 21.4. The number of allylic oxidation sites excluding steroid dienone is 2. The molecule has 6 nitrogen and oxygen atoms in total. The number of ketones is 2. The minimum atomic E-state index is -0.128. The standard InChI is InChI=1S/C25H28N2O4/c1-25(2)13-21(30)24-18(27-31-22(24)14-25)10-9-17(26-3)23-19(28)11-16(12-20(23)29)15-7-5-4-6-8-15/h4-8,16,28H,9-14H2,1-3H3. The van der Waals surface area contributed by atoms with Crippen LogP contribution in [0.1, 0.15) is 72.8 Å². The molecule has 0 radical (unpaired) electrons. The number of carbonyl (C=O) groups excluding carboxylic acids is 2. The number of aliphatic hydroxyl groups is 1. The second-order valence-corrected chi connectivity index (χ2v) is 9.30. The summed E-state index contributed by atoms with van der Waals surface area (Å²) in [6, 6.07) is 9.78. The fourth-order valence-electron chi connectivity index (χ4n) is 4.76. The molecule has 1 unspecified atom stereocenters. The molecule has 0 aliphatic heterocycles. The van der Waals surface area contributed by atoms with E-state index in [9.17, 15) is 14.7 Å². The summed E-state index contributed by atoms with van der Waals surface area (Å²) in [7, 11) is 1.62. The molecule has 162 valence electrons. The minimum absolute atomic E-state index is 0.0286. The van der Waals surface area contributed by atoms with E-state index >= 15 is 0 Å². The van der Waals surface area contributed by atoms with E-state index in [2.05, 4.69) is 10.1 Å². The predicted molar refractivity (Wildman–Crippen MR) is 118 cm³/mol. The predicted octanol–water partition coefficient (Wildman–Crippen LogP) is 4.79. The number of Topliss-reactive ketones (excluding diaryl/α,β-unsaturated/α-hetero) is 2. The van der Waals surface area contributed by atoms with Gasteiger partial charge in [-0.25, -0.2) is 0 Å². The lowest BCUT2D eigenvalue weighted by atomic mass is 9.75. The third kappa shape index (κ3) is 4.24. The average molecular weight is 421 g/mol. The van der Waals surface area contributed by atoms with Crippen LogP contribution in [-0.4, -0.2) is 34.6 Å². The van der Waals surface area contributed by atoms with Gasteiger partial charge in [0.1, 0.15) is 11.5 Å². The topological polar surface area (TPSA) is 92.8 Å². The van der Waals surface area contributed by atoms with Gasteiger partial charge in [-0.1, -0.05) is 49.3 Å². The van der Waals surface area contributed by atoms with Crippen molar-refractivity contribution in [2.75, 3.05) is 7.05 Å².